The Morgan fingerprint density at radius 3 is 2.42 bits per heavy atom. The van der Waals surface area contributed by atoms with Gasteiger partial charge in [-0.3, -0.25) is 9.59 Å². The average Bonchev–Trinajstić information content (AvgIpc) is 2.49. The molecule has 2 rings (SSSR count). The van der Waals surface area contributed by atoms with Crippen molar-refractivity contribution >= 4 is 35.0 Å². The van der Waals surface area contributed by atoms with Crippen LogP contribution in [0.2, 0.25) is 0 Å². The Balaban J connectivity index is 2.00. The van der Waals surface area contributed by atoms with Crippen LogP contribution < -0.4 is 10.6 Å². The van der Waals surface area contributed by atoms with E-state index >= 15 is 0 Å². The molecule has 0 unspecified atom stereocenters. The zero-order valence-electron chi connectivity index (χ0n) is 12.5. The zero-order chi connectivity index (χ0) is 17.7. The first kappa shape index (κ1) is 17.9. The molecule has 0 radical (unpaired) electrons. The van der Waals surface area contributed by atoms with Crippen molar-refractivity contribution in [2.24, 2.45) is 0 Å². The van der Waals surface area contributed by atoms with Gasteiger partial charge in [0.1, 0.15) is 17.5 Å². The molecule has 0 fully saturated rings. The minimum Gasteiger partial charge on any atom is -0.326 e. The van der Waals surface area contributed by atoms with Crippen LogP contribution >= 0.6 is 11.8 Å². The Hall–Kier alpha value is -2.48. The highest BCUT2D eigenvalue weighted by atomic mass is 32.2. The topological polar surface area (TPSA) is 58.2 Å². The minimum atomic E-state index is -0.772. The summed E-state index contributed by atoms with van der Waals surface area (Å²) in [5.41, 5.74) is 0.225. The Morgan fingerprint density at radius 2 is 1.75 bits per heavy atom. The van der Waals surface area contributed by atoms with Gasteiger partial charge in [-0.2, -0.15) is 0 Å². The minimum absolute atomic E-state index is 0.105. The van der Waals surface area contributed by atoms with E-state index in [2.05, 4.69) is 10.6 Å². The highest BCUT2D eigenvalue weighted by Crippen LogP contribution is 2.24. The van der Waals surface area contributed by atoms with Gasteiger partial charge in [-0.1, -0.05) is 0 Å². The van der Waals surface area contributed by atoms with Crippen molar-refractivity contribution in [2.75, 3.05) is 16.4 Å². The molecule has 0 aliphatic heterocycles. The highest BCUT2D eigenvalue weighted by Gasteiger charge is 2.11. The molecule has 2 amide bonds. The second kappa shape index (κ2) is 7.87. The molecule has 2 aromatic carbocycles. The molecule has 0 saturated heterocycles. The van der Waals surface area contributed by atoms with Crippen LogP contribution in [0.3, 0.4) is 0 Å². The van der Waals surface area contributed by atoms with E-state index in [9.17, 15) is 22.8 Å². The second-order valence-corrected chi connectivity index (χ2v) is 5.80. The first-order valence-electron chi connectivity index (χ1n) is 6.80. The van der Waals surface area contributed by atoms with Crippen LogP contribution in [0.25, 0.3) is 0 Å². The van der Waals surface area contributed by atoms with Gasteiger partial charge in [-0.25, -0.2) is 13.2 Å². The third-order valence-corrected chi connectivity index (χ3v) is 3.86. The van der Waals surface area contributed by atoms with E-state index in [0.717, 1.165) is 30.0 Å². The van der Waals surface area contributed by atoms with E-state index < -0.39 is 23.4 Å². The molecule has 24 heavy (non-hydrogen) atoms. The lowest BCUT2D eigenvalue weighted by Crippen LogP contribution is -2.15. The third kappa shape index (κ3) is 5.02. The fraction of sp³-hybridized carbons (Fsp3) is 0.125. The van der Waals surface area contributed by atoms with Gasteiger partial charge in [-0.15, -0.1) is 11.8 Å². The van der Waals surface area contributed by atoms with Crippen molar-refractivity contribution in [2.45, 2.75) is 11.8 Å². The molecular formula is C16H13F3N2O2S. The van der Waals surface area contributed by atoms with E-state index in [1.807, 2.05) is 0 Å². The number of nitrogens with one attached hydrogen (secondary N) is 2. The summed E-state index contributed by atoms with van der Waals surface area (Å²) in [4.78, 5) is 23.0. The maximum atomic E-state index is 13.7. The summed E-state index contributed by atoms with van der Waals surface area (Å²) in [7, 11) is 0. The first-order valence-corrected chi connectivity index (χ1v) is 7.78. The Morgan fingerprint density at radius 1 is 1.00 bits per heavy atom. The number of rotatable bonds is 5. The van der Waals surface area contributed by atoms with Crippen molar-refractivity contribution in [1.82, 2.24) is 0 Å². The summed E-state index contributed by atoms with van der Waals surface area (Å²) in [5, 5.41) is 4.81. The summed E-state index contributed by atoms with van der Waals surface area (Å²) in [5.74, 6) is -3.24. The third-order valence-electron chi connectivity index (χ3n) is 2.81. The van der Waals surface area contributed by atoms with Crippen LogP contribution in [0, 0.1) is 17.5 Å². The summed E-state index contributed by atoms with van der Waals surface area (Å²) >= 11 is 0.858. The predicted molar refractivity (Wildman–Crippen MR) is 86.4 cm³/mol. The number of benzene rings is 2. The Kier molecular flexibility index (Phi) is 5.86. The Labute approximate surface area is 140 Å². The molecule has 0 atom stereocenters. The number of carbonyl (C=O) groups excluding carboxylic acids is 2. The molecule has 0 saturated carbocycles. The number of halogens is 3. The molecule has 0 bridgehead atoms. The monoisotopic (exact) mass is 354 g/mol. The standard InChI is InChI=1S/C16H13F3N2O2S/c1-9(22)20-11-3-4-12(18)14(7-11)21-16(23)8-24-15-5-2-10(17)6-13(15)19/h2-7H,8H2,1H3,(H,20,22)(H,21,23). The molecule has 0 spiro atoms. The van der Waals surface area contributed by atoms with Gasteiger partial charge < -0.3 is 10.6 Å². The van der Waals surface area contributed by atoms with E-state index in [0.29, 0.717) is 5.69 Å². The van der Waals surface area contributed by atoms with Gasteiger partial charge in [0.25, 0.3) is 0 Å². The maximum absolute atomic E-state index is 13.7. The summed E-state index contributed by atoms with van der Waals surface area (Å²) in [6, 6.07) is 6.76. The number of anilines is 2. The molecule has 2 N–H and O–H groups in total. The van der Waals surface area contributed by atoms with Gasteiger partial charge in [0, 0.05) is 23.6 Å². The number of thioether (sulfide) groups is 1. The fourth-order valence-electron chi connectivity index (χ4n) is 1.82. The lowest BCUT2D eigenvalue weighted by molar-refractivity contribution is -0.114. The average molecular weight is 354 g/mol. The summed E-state index contributed by atoms with van der Waals surface area (Å²) < 4.78 is 40.0. The number of hydrogen-bond acceptors (Lipinski definition) is 3. The lowest BCUT2D eigenvalue weighted by atomic mass is 10.2. The molecule has 8 heteroatoms. The van der Waals surface area contributed by atoms with Crippen LogP contribution in [0.4, 0.5) is 24.5 Å². The fourth-order valence-corrected chi connectivity index (χ4v) is 2.54. The zero-order valence-corrected chi connectivity index (χ0v) is 13.3. The molecular weight excluding hydrogens is 341 g/mol. The molecule has 2 aromatic rings. The molecule has 0 aromatic heterocycles. The van der Waals surface area contributed by atoms with Crippen LogP contribution in [-0.2, 0) is 9.59 Å². The van der Waals surface area contributed by atoms with E-state index in [-0.39, 0.29) is 22.2 Å². The summed E-state index contributed by atoms with van der Waals surface area (Å²) in [6.45, 7) is 1.30. The summed E-state index contributed by atoms with van der Waals surface area (Å²) in [6.07, 6.45) is 0. The first-order chi connectivity index (χ1) is 11.3. The number of carbonyl (C=O) groups is 2. The van der Waals surface area contributed by atoms with Crippen molar-refractivity contribution < 1.29 is 22.8 Å². The van der Waals surface area contributed by atoms with E-state index in [1.165, 1.54) is 25.1 Å². The van der Waals surface area contributed by atoms with Gasteiger partial charge in [0.05, 0.1) is 11.4 Å². The second-order valence-electron chi connectivity index (χ2n) is 4.79. The van der Waals surface area contributed by atoms with Crippen molar-refractivity contribution in [3.63, 3.8) is 0 Å². The SMILES string of the molecule is CC(=O)Nc1ccc(F)c(NC(=O)CSc2ccc(F)cc2F)c1. The van der Waals surface area contributed by atoms with Crippen LogP contribution in [0.15, 0.2) is 41.3 Å². The highest BCUT2D eigenvalue weighted by molar-refractivity contribution is 8.00. The molecule has 0 aliphatic rings. The van der Waals surface area contributed by atoms with E-state index in [1.54, 1.807) is 0 Å². The van der Waals surface area contributed by atoms with Crippen molar-refractivity contribution in [3.05, 3.63) is 53.8 Å². The number of amides is 2. The van der Waals surface area contributed by atoms with Crippen molar-refractivity contribution in [3.8, 4) is 0 Å². The van der Waals surface area contributed by atoms with Crippen LogP contribution in [0.5, 0.6) is 0 Å². The smallest absolute Gasteiger partial charge is 0.234 e. The maximum Gasteiger partial charge on any atom is 0.234 e. The number of hydrogen-bond donors (Lipinski definition) is 2. The predicted octanol–water partition coefficient (Wildman–Crippen LogP) is 3.79. The van der Waals surface area contributed by atoms with E-state index in [4.69, 9.17) is 0 Å². The van der Waals surface area contributed by atoms with Gasteiger partial charge in [0.2, 0.25) is 11.8 Å². The van der Waals surface area contributed by atoms with Gasteiger partial charge in [0.15, 0.2) is 0 Å². The molecule has 4 nitrogen and oxygen atoms in total. The molecule has 0 heterocycles. The largest absolute Gasteiger partial charge is 0.326 e. The van der Waals surface area contributed by atoms with Crippen molar-refractivity contribution in [1.29, 1.82) is 0 Å². The van der Waals surface area contributed by atoms with Crippen LogP contribution in [0.1, 0.15) is 6.92 Å². The molecule has 0 aliphatic carbocycles. The normalized spacial score (nSPS) is 10.3. The quantitative estimate of drug-likeness (QED) is 0.803. The van der Waals surface area contributed by atoms with Gasteiger partial charge in [-0.05, 0) is 30.3 Å². The van der Waals surface area contributed by atoms with Crippen LogP contribution in [-0.4, -0.2) is 17.6 Å². The lowest BCUT2D eigenvalue weighted by Gasteiger charge is -2.09. The van der Waals surface area contributed by atoms with Gasteiger partial charge >= 0.3 is 0 Å². The Bertz CT molecular complexity index is 784. The molecule has 126 valence electrons.